The summed E-state index contributed by atoms with van der Waals surface area (Å²) in [6.07, 6.45) is 24.0. The van der Waals surface area contributed by atoms with Crippen LogP contribution >= 0.6 is 0 Å². The van der Waals surface area contributed by atoms with Gasteiger partial charge < -0.3 is 4.74 Å². The minimum absolute atomic E-state index is 0.0370. The molecule has 0 radical (unpaired) electrons. The SMILES string of the molecule is CCCC1=C2CCC(C)(CC/C=C(\C)CC/C=C(\C)CCC=C(C)C)OC2=C(CCC)C(CCC)C1C. The van der Waals surface area contributed by atoms with Gasteiger partial charge >= 0.3 is 0 Å². The van der Waals surface area contributed by atoms with E-state index in [-0.39, 0.29) is 5.60 Å². The molecular formula is C36H60O. The molecule has 210 valence electrons. The predicted molar refractivity (Wildman–Crippen MR) is 165 cm³/mol. The second-order valence-electron chi connectivity index (χ2n) is 12.6. The Bertz CT molecular complexity index is 872. The summed E-state index contributed by atoms with van der Waals surface area (Å²) in [5.74, 6) is 2.70. The molecule has 3 atom stereocenters. The molecule has 0 amide bonds. The van der Waals surface area contributed by atoms with Crippen LogP contribution < -0.4 is 0 Å². The Morgan fingerprint density at radius 1 is 0.838 bits per heavy atom. The van der Waals surface area contributed by atoms with Crippen molar-refractivity contribution in [3.8, 4) is 0 Å². The number of fused-ring (bicyclic) bond motifs is 1. The highest BCUT2D eigenvalue weighted by molar-refractivity contribution is 5.44. The third-order valence-corrected chi connectivity index (χ3v) is 8.73. The summed E-state index contributed by atoms with van der Waals surface area (Å²) in [4.78, 5) is 0. The van der Waals surface area contributed by atoms with Crippen molar-refractivity contribution in [3.63, 3.8) is 0 Å². The van der Waals surface area contributed by atoms with E-state index in [0.29, 0.717) is 11.8 Å². The lowest BCUT2D eigenvalue weighted by Crippen LogP contribution is -2.37. The number of hydrogen-bond donors (Lipinski definition) is 0. The zero-order valence-corrected chi connectivity index (χ0v) is 26.2. The minimum Gasteiger partial charge on any atom is -0.487 e. The summed E-state index contributed by atoms with van der Waals surface area (Å²) in [7, 11) is 0. The average Bonchev–Trinajstić information content (AvgIpc) is 2.83. The summed E-state index contributed by atoms with van der Waals surface area (Å²) in [6, 6.07) is 0. The van der Waals surface area contributed by atoms with Crippen molar-refractivity contribution in [2.24, 2.45) is 11.8 Å². The van der Waals surface area contributed by atoms with E-state index in [4.69, 9.17) is 4.74 Å². The molecule has 1 saturated heterocycles. The highest BCUT2D eigenvalue weighted by Crippen LogP contribution is 2.50. The summed E-state index contributed by atoms with van der Waals surface area (Å²) in [5.41, 5.74) is 9.41. The topological polar surface area (TPSA) is 9.23 Å². The molecule has 37 heavy (non-hydrogen) atoms. The molecule has 0 bridgehead atoms. The van der Waals surface area contributed by atoms with Crippen LogP contribution in [0.15, 0.2) is 57.4 Å². The molecule has 0 aromatic heterocycles. The van der Waals surface area contributed by atoms with Gasteiger partial charge in [-0.15, -0.1) is 0 Å². The second kappa shape index (κ2) is 15.8. The first-order chi connectivity index (χ1) is 17.7. The van der Waals surface area contributed by atoms with Crippen LogP contribution in [0.4, 0.5) is 0 Å². The van der Waals surface area contributed by atoms with Gasteiger partial charge in [-0.2, -0.15) is 0 Å². The molecule has 0 N–H and O–H groups in total. The first-order valence-electron chi connectivity index (χ1n) is 15.7. The number of ether oxygens (including phenoxy) is 1. The van der Waals surface area contributed by atoms with Gasteiger partial charge in [0.15, 0.2) is 0 Å². The molecule has 1 aliphatic carbocycles. The zero-order chi connectivity index (χ0) is 27.4. The van der Waals surface area contributed by atoms with Crippen LogP contribution in [0.5, 0.6) is 0 Å². The average molecular weight is 509 g/mol. The van der Waals surface area contributed by atoms with Crippen LogP contribution in [0.2, 0.25) is 0 Å². The Morgan fingerprint density at radius 3 is 2.03 bits per heavy atom. The molecule has 0 spiro atoms. The lowest BCUT2D eigenvalue weighted by atomic mass is 9.68. The molecule has 0 saturated carbocycles. The van der Waals surface area contributed by atoms with Gasteiger partial charge in [-0.05, 0) is 128 Å². The molecule has 0 aromatic carbocycles. The molecule has 2 rings (SSSR count). The normalized spacial score (nSPS) is 24.8. The fraction of sp³-hybridized carbons (Fsp3) is 0.722. The smallest absolute Gasteiger partial charge is 0.122 e. The monoisotopic (exact) mass is 508 g/mol. The third-order valence-electron chi connectivity index (χ3n) is 8.73. The van der Waals surface area contributed by atoms with E-state index in [9.17, 15) is 0 Å². The Kier molecular flexibility index (Phi) is 13.5. The van der Waals surface area contributed by atoms with Gasteiger partial charge in [-0.3, -0.25) is 0 Å². The zero-order valence-electron chi connectivity index (χ0n) is 26.2. The molecule has 1 nitrogen and oxygen atoms in total. The van der Waals surface area contributed by atoms with Gasteiger partial charge in [-0.25, -0.2) is 0 Å². The van der Waals surface area contributed by atoms with Gasteiger partial charge in [0, 0.05) is 0 Å². The summed E-state index contributed by atoms with van der Waals surface area (Å²) < 4.78 is 7.07. The molecule has 1 heteroatoms. The van der Waals surface area contributed by atoms with Gasteiger partial charge in [-0.1, -0.05) is 87.5 Å². The first-order valence-corrected chi connectivity index (χ1v) is 15.7. The van der Waals surface area contributed by atoms with E-state index >= 15 is 0 Å². The first kappa shape index (κ1) is 31.7. The summed E-state index contributed by atoms with van der Waals surface area (Å²) in [6.45, 7) is 20.9. The Balaban J connectivity index is 2.05. The van der Waals surface area contributed by atoms with Crippen LogP contribution in [0.25, 0.3) is 0 Å². The van der Waals surface area contributed by atoms with Crippen LogP contribution in [-0.2, 0) is 4.74 Å². The minimum atomic E-state index is -0.0370. The lowest BCUT2D eigenvalue weighted by Gasteiger charge is -2.45. The van der Waals surface area contributed by atoms with Gasteiger partial charge in [0.25, 0.3) is 0 Å². The van der Waals surface area contributed by atoms with Gasteiger partial charge in [0.05, 0.1) is 0 Å². The van der Waals surface area contributed by atoms with E-state index in [1.165, 1.54) is 86.7 Å². The molecule has 1 heterocycles. The molecule has 0 aromatic rings. The van der Waals surface area contributed by atoms with Crippen LogP contribution in [0.3, 0.4) is 0 Å². The molecular weight excluding hydrogens is 448 g/mol. The Labute approximate surface area is 231 Å². The van der Waals surface area contributed by atoms with Crippen molar-refractivity contribution < 1.29 is 4.74 Å². The Hall–Kier alpha value is -1.50. The van der Waals surface area contributed by atoms with E-state index in [2.05, 4.69) is 80.5 Å². The molecule has 1 fully saturated rings. The maximum atomic E-state index is 7.07. The van der Waals surface area contributed by atoms with E-state index in [1.54, 1.807) is 16.7 Å². The second-order valence-corrected chi connectivity index (χ2v) is 12.6. The maximum Gasteiger partial charge on any atom is 0.122 e. The predicted octanol–water partition coefficient (Wildman–Crippen LogP) is 12.0. The Morgan fingerprint density at radius 2 is 1.43 bits per heavy atom. The van der Waals surface area contributed by atoms with Crippen LogP contribution in [-0.4, -0.2) is 5.60 Å². The molecule has 1 aliphatic heterocycles. The van der Waals surface area contributed by atoms with Crippen molar-refractivity contribution in [2.75, 3.05) is 0 Å². The molecule has 2 aliphatic rings. The van der Waals surface area contributed by atoms with Crippen molar-refractivity contribution in [2.45, 2.75) is 158 Å². The quantitative estimate of drug-likeness (QED) is 0.200. The standard InChI is InChI=1S/C36H60O/c1-10-16-31-30(8)32(17-11-2)34-24-26-36(9,37-35(34)33(31)18-12-3)25-15-23-29(7)22-14-21-28(6)20-13-19-27(4)5/h19,21,23,30-31H,10-18,20,22,24-26H2,1-9H3/b28-21+,29-23+. The lowest BCUT2D eigenvalue weighted by molar-refractivity contribution is -0.0132. The fourth-order valence-corrected chi connectivity index (χ4v) is 6.51. The van der Waals surface area contributed by atoms with Crippen LogP contribution in [0.1, 0.15) is 152 Å². The van der Waals surface area contributed by atoms with E-state index < -0.39 is 0 Å². The number of hydrogen-bond acceptors (Lipinski definition) is 1. The third kappa shape index (κ3) is 9.63. The van der Waals surface area contributed by atoms with Crippen molar-refractivity contribution in [1.29, 1.82) is 0 Å². The number of rotatable bonds is 15. The van der Waals surface area contributed by atoms with Gasteiger partial charge in [0.2, 0.25) is 0 Å². The van der Waals surface area contributed by atoms with Crippen molar-refractivity contribution in [3.05, 3.63) is 57.4 Å². The highest BCUT2D eigenvalue weighted by atomic mass is 16.5. The number of allylic oxidation sites excluding steroid dienone is 9. The fourth-order valence-electron chi connectivity index (χ4n) is 6.51. The van der Waals surface area contributed by atoms with Gasteiger partial charge in [0.1, 0.15) is 11.4 Å². The molecule has 3 unspecified atom stereocenters. The van der Waals surface area contributed by atoms with Crippen molar-refractivity contribution >= 4 is 0 Å². The highest BCUT2D eigenvalue weighted by Gasteiger charge is 2.41. The van der Waals surface area contributed by atoms with E-state index in [0.717, 1.165) is 25.7 Å². The largest absolute Gasteiger partial charge is 0.487 e. The summed E-state index contributed by atoms with van der Waals surface area (Å²) in [5, 5.41) is 0. The van der Waals surface area contributed by atoms with Crippen LogP contribution in [0, 0.1) is 11.8 Å². The maximum absolute atomic E-state index is 7.07. The van der Waals surface area contributed by atoms with Crippen molar-refractivity contribution in [1.82, 2.24) is 0 Å². The van der Waals surface area contributed by atoms with E-state index in [1.807, 2.05) is 0 Å². The summed E-state index contributed by atoms with van der Waals surface area (Å²) >= 11 is 0.